The number of likely N-dealkylation sites (N-methyl/N-ethyl adjacent to an activating group) is 1. The third-order valence-corrected chi connectivity index (χ3v) is 9.32. The first kappa shape index (κ1) is 54.7. The minimum Gasteiger partial charge on any atom is -0.462 e. The van der Waals surface area contributed by atoms with E-state index in [0.717, 1.165) is 89.9 Å². The molecule has 0 aliphatic carbocycles. The average Bonchev–Trinajstić information content (AvgIpc) is 3.17. The lowest BCUT2D eigenvalue weighted by Gasteiger charge is -2.24. The molecule has 0 aliphatic heterocycles. The van der Waals surface area contributed by atoms with Gasteiger partial charge in [0.15, 0.2) is 6.10 Å². The first-order valence-corrected chi connectivity index (χ1v) is 23.1. The summed E-state index contributed by atoms with van der Waals surface area (Å²) in [6.45, 7) is 4.03. The van der Waals surface area contributed by atoms with Crippen molar-refractivity contribution in [2.75, 3.05) is 47.5 Å². The van der Waals surface area contributed by atoms with E-state index < -0.39 is 32.5 Å². The van der Waals surface area contributed by atoms with Crippen LogP contribution < -0.4 is 0 Å². The number of phosphoric acid groups is 1. The lowest BCUT2D eigenvalue weighted by atomic mass is 10.1. The van der Waals surface area contributed by atoms with Crippen molar-refractivity contribution in [3.8, 4) is 0 Å². The maximum atomic E-state index is 12.6. The van der Waals surface area contributed by atoms with Gasteiger partial charge in [-0.1, -0.05) is 149 Å². The van der Waals surface area contributed by atoms with Crippen molar-refractivity contribution in [2.24, 2.45) is 0 Å². The van der Waals surface area contributed by atoms with Crippen molar-refractivity contribution in [2.45, 2.75) is 136 Å². The van der Waals surface area contributed by atoms with Gasteiger partial charge in [-0.05, 0) is 77.0 Å². The number of unbranched alkanes of at least 4 members (excludes halogenated alkanes) is 6. The topological polar surface area (TPSA) is 108 Å². The summed E-state index contributed by atoms with van der Waals surface area (Å²) in [7, 11) is 1.39. The second kappa shape index (κ2) is 39.1. The number of esters is 2. The third kappa shape index (κ3) is 42.3. The van der Waals surface area contributed by atoms with Crippen LogP contribution in [0.5, 0.6) is 0 Å². The van der Waals surface area contributed by atoms with Gasteiger partial charge in [0.25, 0.3) is 0 Å². The smallest absolute Gasteiger partial charge is 0.462 e. The summed E-state index contributed by atoms with van der Waals surface area (Å²) in [5.74, 6) is -0.976. The van der Waals surface area contributed by atoms with Gasteiger partial charge in [-0.3, -0.25) is 18.6 Å². The molecule has 0 aliphatic rings. The summed E-state index contributed by atoms with van der Waals surface area (Å²) in [6.07, 6.45) is 53.1. The predicted octanol–water partition coefficient (Wildman–Crippen LogP) is 12.3. The van der Waals surface area contributed by atoms with E-state index in [1.807, 2.05) is 33.3 Å². The molecule has 0 radical (unpaired) electrons. The Labute approximate surface area is 353 Å². The zero-order chi connectivity index (χ0) is 42.8. The molecule has 0 spiro atoms. The van der Waals surface area contributed by atoms with Crippen LogP contribution in [-0.4, -0.2) is 74.9 Å². The van der Waals surface area contributed by atoms with E-state index in [1.165, 1.54) is 0 Å². The molecule has 0 saturated heterocycles. The van der Waals surface area contributed by atoms with E-state index in [2.05, 4.69) is 105 Å². The van der Waals surface area contributed by atoms with Crippen molar-refractivity contribution < 1.29 is 42.1 Å². The maximum absolute atomic E-state index is 12.6. The second-order valence-corrected chi connectivity index (χ2v) is 16.4. The van der Waals surface area contributed by atoms with Crippen molar-refractivity contribution in [3.63, 3.8) is 0 Å². The fourth-order valence-corrected chi connectivity index (χ4v) is 5.76. The largest absolute Gasteiger partial charge is 0.472 e. The molecule has 1 N–H and O–H groups in total. The highest BCUT2D eigenvalue weighted by molar-refractivity contribution is 7.47. The molecular weight excluding hydrogens is 750 g/mol. The van der Waals surface area contributed by atoms with E-state index >= 15 is 0 Å². The Kier molecular flexibility index (Phi) is 36.9. The van der Waals surface area contributed by atoms with Crippen molar-refractivity contribution in [1.29, 1.82) is 0 Å². The standard InChI is InChI=1S/C48H78NO8P/c1-6-8-10-12-14-16-18-20-22-23-24-25-27-28-30-32-34-36-38-40-47(50)54-44-46(45-56-58(52,53)55-43-42-49(3,4)5)57-48(51)41-39-37-35-33-31-29-26-21-19-17-15-13-11-9-7-2/h8-11,14-17,20-22,24-26,31,33,37,39,46H,6-7,12-13,18-19,23,27-30,32,34-36,38,40-45H2,1-5H3/p+1/b10-8-,11-9-,16-14-,17-15-,22-20-,25-24-,26-21-,33-31-,39-37-. The van der Waals surface area contributed by atoms with E-state index in [1.54, 1.807) is 6.08 Å². The van der Waals surface area contributed by atoms with Gasteiger partial charge in [0.05, 0.1) is 34.2 Å². The van der Waals surface area contributed by atoms with Crippen molar-refractivity contribution in [1.82, 2.24) is 0 Å². The molecule has 0 aromatic heterocycles. The molecule has 0 fully saturated rings. The highest BCUT2D eigenvalue weighted by Gasteiger charge is 2.26. The van der Waals surface area contributed by atoms with E-state index in [4.69, 9.17) is 18.5 Å². The Morgan fingerprint density at radius 2 is 0.983 bits per heavy atom. The van der Waals surface area contributed by atoms with E-state index in [-0.39, 0.29) is 26.1 Å². The Morgan fingerprint density at radius 3 is 1.47 bits per heavy atom. The molecule has 0 aromatic rings. The van der Waals surface area contributed by atoms with Crippen LogP contribution in [0, 0.1) is 0 Å². The fraction of sp³-hybridized carbons (Fsp3) is 0.583. The second-order valence-electron chi connectivity index (χ2n) is 15.0. The van der Waals surface area contributed by atoms with Gasteiger partial charge in [0.1, 0.15) is 19.8 Å². The van der Waals surface area contributed by atoms with Crippen molar-refractivity contribution in [3.05, 3.63) is 109 Å². The Balaban J connectivity index is 4.52. The van der Waals surface area contributed by atoms with Gasteiger partial charge in [0.2, 0.25) is 0 Å². The predicted molar refractivity (Wildman–Crippen MR) is 242 cm³/mol. The number of rotatable bonds is 37. The molecule has 0 amide bonds. The molecule has 2 atom stereocenters. The van der Waals surface area contributed by atoms with E-state index in [9.17, 15) is 19.0 Å². The maximum Gasteiger partial charge on any atom is 0.472 e. The number of nitrogens with zero attached hydrogens (tertiary/aromatic N) is 1. The molecule has 9 nitrogen and oxygen atoms in total. The fourth-order valence-electron chi connectivity index (χ4n) is 5.02. The molecule has 0 bridgehead atoms. The van der Waals surface area contributed by atoms with Gasteiger partial charge < -0.3 is 18.9 Å². The van der Waals surface area contributed by atoms with Crippen LogP contribution in [0.2, 0.25) is 0 Å². The average molecular weight is 829 g/mol. The number of carbonyl (C=O) groups excluding carboxylic acids is 2. The highest BCUT2D eigenvalue weighted by Crippen LogP contribution is 2.43. The zero-order valence-electron chi connectivity index (χ0n) is 36.7. The molecule has 58 heavy (non-hydrogen) atoms. The minimum absolute atomic E-state index is 0.00179. The minimum atomic E-state index is -4.41. The van der Waals surface area contributed by atoms with Crippen LogP contribution in [0.1, 0.15) is 129 Å². The highest BCUT2D eigenvalue weighted by atomic mass is 31.2. The zero-order valence-corrected chi connectivity index (χ0v) is 37.6. The number of carbonyl (C=O) groups is 2. The van der Waals surface area contributed by atoms with Crippen LogP contribution >= 0.6 is 7.82 Å². The number of phosphoric ester groups is 1. The normalized spacial score (nSPS) is 14.7. The summed E-state index contributed by atoms with van der Waals surface area (Å²) in [5, 5.41) is 0. The van der Waals surface area contributed by atoms with Crippen LogP contribution in [0.25, 0.3) is 0 Å². The van der Waals surface area contributed by atoms with Crippen LogP contribution in [0.4, 0.5) is 0 Å². The Bertz CT molecular complexity index is 1350. The molecular formula is C48H79NO8P+. The summed E-state index contributed by atoms with van der Waals surface area (Å²) in [5.41, 5.74) is 0. The number of quaternary nitrogens is 1. The number of hydrogen-bond donors (Lipinski definition) is 1. The van der Waals surface area contributed by atoms with Gasteiger partial charge in [-0.25, -0.2) is 4.57 Å². The number of hydrogen-bond acceptors (Lipinski definition) is 7. The van der Waals surface area contributed by atoms with Crippen molar-refractivity contribution >= 4 is 19.8 Å². The van der Waals surface area contributed by atoms with E-state index in [0.29, 0.717) is 23.9 Å². The van der Waals surface area contributed by atoms with Gasteiger partial charge in [-0.15, -0.1) is 0 Å². The number of allylic oxidation sites excluding steroid dienone is 17. The quantitative estimate of drug-likeness (QED) is 0.0217. The van der Waals surface area contributed by atoms with Gasteiger partial charge in [0, 0.05) is 6.42 Å². The van der Waals surface area contributed by atoms with Gasteiger partial charge >= 0.3 is 19.8 Å². The van der Waals surface area contributed by atoms with Crippen LogP contribution in [0.3, 0.4) is 0 Å². The Morgan fingerprint density at radius 1 is 0.552 bits per heavy atom. The number of ether oxygens (including phenoxy) is 2. The van der Waals surface area contributed by atoms with Crippen LogP contribution in [-0.2, 0) is 32.7 Å². The first-order chi connectivity index (χ1) is 28.0. The monoisotopic (exact) mass is 829 g/mol. The molecule has 0 aromatic carbocycles. The lowest BCUT2D eigenvalue weighted by Crippen LogP contribution is -2.37. The summed E-state index contributed by atoms with van der Waals surface area (Å²) < 4.78 is 34.1. The lowest BCUT2D eigenvalue weighted by molar-refractivity contribution is -0.870. The molecule has 0 rings (SSSR count). The summed E-state index contributed by atoms with van der Waals surface area (Å²) >= 11 is 0. The van der Waals surface area contributed by atoms with Crippen LogP contribution in [0.15, 0.2) is 109 Å². The summed E-state index contributed by atoms with van der Waals surface area (Å²) in [6, 6.07) is 0. The molecule has 328 valence electrons. The van der Waals surface area contributed by atoms with Gasteiger partial charge in [-0.2, -0.15) is 0 Å². The first-order valence-electron chi connectivity index (χ1n) is 21.6. The Hall–Kier alpha value is -3.33. The SMILES string of the molecule is CC/C=C\C/C=C\C/C=C\C/C=C\C/C=C\CC(=O)OC(COC(=O)CCCCCCCC/C=C\C/C=C\C/C=C\C/C=C\CC)COP(=O)(O)OCC[N+](C)(C)C. The molecule has 0 saturated carbocycles. The molecule has 2 unspecified atom stereocenters. The summed E-state index contributed by atoms with van der Waals surface area (Å²) in [4.78, 5) is 35.3. The molecule has 10 heteroatoms. The third-order valence-electron chi connectivity index (χ3n) is 8.33. The molecule has 0 heterocycles.